The Balaban J connectivity index is 1.90. The van der Waals surface area contributed by atoms with Crippen molar-refractivity contribution in [2.24, 2.45) is 4.99 Å². The van der Waals surface area contributed by atoms with Crippen molar-refractivity contribution in [2.45, 2.75) is 33.7 Å². The van der Waals surface area contributed by atoms with Gasteiger partial charge >= 0.3 is 0 Å². The van der Waals surface area contributed by atoms with E-state index in [9.17, 15) is 10.1 Å². The smallest absolute Gasteiger partial charge is 0.196 e. The summed E-state index contributed by atoms with van der Waals surface area (Å²) < 4.78 is 6.45. The van der Waals surface area contributed by atoms with Crippen LogP contribution in [0.15, 0.2) is 56.7 Å². The fourth-order valence-electron chi connectivity index (χ4n) is 4.20. The molecule has 0 aliphatic heterocycles. The number of pyridine rings is 1. The molecule has 0 radical (unpaired) electrons. The van der Waals surface area contributed by atoms with Crippen LogP contribution in [0.1, 0.15) is 46.6 Å². The van der Waals surface area contributed by atoms with Crippen LogP contribution in [0.4, 0.5) is 11.4 Å². The zero-order valence-electron chi connectivity index (χ0n) is 20.4. The van der Waals surface area contributed by atoms with Gasteiger partial charge < -0.3 is 15.5 Å². The number of nitrogens with zero attached hydrogens (tertiary/aromatic N) is 3. The number of hydrogen-bond acceptors (Lipinski definition) is 7. The van der Waals surface area contributed by atoms with E-state index < -0.39 is 0 Å². The molecule has 0 aliphatic carbocycles. The number of hydrogen-bond donors (Lipinski definition) is 2. The molecule has 3 N–H and O–H groups in total. The minimum atomic E-state index is -0.262. The molecule has 0 fully saturated rings. The van der Waals surface area contributed by atoms with Crippen LogP contribution in [-0.4, -0.2) is 18.2 Å². The van der Waals surface area contributed by atoms with E-state index in [1.54, 1.807) is 26.3 Å². The van der Waals surface area contributed by atoms with E-state index in [1.165, 1.54) is 0 Å². The van der Waals surface area contributed by atoms with Crippen molar-refractivity contribution in [1.82, 2.24) is 4.98 Å². The number of aryl methyl sites for hydroxylation is 2. The standard InChI is InChI=1S/C28H27N5O2/c1-15-10-21(18(4)33-24-9-6-16(2)32-25(24)13-29)28-22(11-15)26(34)17(3)27(35-28)19-7-8-23(30)20(12-19)14-31-5/h6-12,14,18,33H,30H2,1-5H3. The number of anilines is 2. The monoisotopic (exact) mass is 465 g/mol. The van der Waals surface area contributed by atoms with Crippen molar-refractivity contribution in [3.8, 4) is 17.4 Å². The van der Waals surface area contributed by atoms with E-state index in [0.29, 0.717) is 39.4 Å². The average molecular weight is 466 g/mol. The lowest BCUT2D eigenvalue weighted by Crippen LogP contribution is -2.13. The Morgan fingerprint density at radius 2 is 1.94 bits per heavy atom. The molecule has 0 amide bonds. The summed E-state index contributed by atoms with van der Waals surface area (Å²) in [5.74, 6) is 0.486. The Kier molecular flexibility index (Phi) is 6.39. The van der Waals surface area contributed by atoms with Gasteiger partial charge in [-0.3, -0.25) is 9.79 Å². The first-order chi connectivity index (χ1) is 16.7. The van der Waals surface area contributed by atoms with E-state index in [2.05, 4.69) is 21.4 Å². The molecule has 35 heavy (non-hydrogen) atoms. The number of benzene rings is 2. The van der Waals surface area contributed by atoms with Gasteiger partial charge in [-0.25, -0.2) is 4.98 Å². The Bertz CT molecular complexity index is 1580. The maximum absolute atomic E-state index is 13.4. The van der Waals surface area contributed by atoms with Crippen molar-refractivity contribution < 1.29 is 4.42 Å². The molecule has 2 aromatic heterocycles. The number of nitriles is 1. The predicted octanol–water partition coefficient (Wildman–Crippen LogP) is 5.46. The van der Waals surface area contributed by atoms with E-state index in [0.717, 1.165) is 27.9 Å². The van der Waals surface area contributed by atoms with Gasteiger partial charge in [0.25, 0.3) is 0 Å². The molecule has 176 valence electrons. The third kappa shape index (κ3) is 4.51. The molecule has 0 aliphatic rings. The average Bonchev–Trinajstić information content (AvgIpc) is 2.84. The lowest BCUT2D eigenvalue weighted by atomic mass is 9.98. The van der Waals surface area contributed by atoms with Gasteiger partial charge in [0.2, 0.25) is 0 Å². The lowest BCUT2D eigenvalue weighted by molar-refractivity contribution is 0.605. The van der Waals surface area contributed by atoms with Crippen molar-refractivity contribution in [3.05, 3.63) is 86.3 Å². The minimum Gasteiger partial charge on any atom is -0.455 e. The third-order valence-corrected chi connectivity index (χ3v) is 5.99. The van der Waals surface area contributed by atoms with E-state index in [4.69, 9.17) is 10.2 Å². The van der Waals surface area contributed by atoms with Gasteiger partial charge in [0, 0.05) is 46.9 Å². The fourth-order valence-corrected chi connectivity index (χ4v) is 4.20. The van der Waals surface area contributed by atoms with Gasteiger partial charge in [0.1, 0.15) is 17.4 Å². The molecule has 7 heteroatoms. The number of aliphatic imine (C=N–C) groups is 1. The summed E-state index contributed by atoms with van der Waals surface area (Å²) in [5, 5.41) is 13.4. The summed E-state index contributed by atoms with van der Waals surface area (Å²) in [6, 6.07) is 14.9. The first-order valence-electron chi connectivity index (χ1n) is 11.3. The zero-order chi connectivity index (χ0) is 25.3. The predicted molar refractivity (Wildman–Crippen MR) is 141 cm³/mol. The molecule has 0 saturated carbocycles. The SMILES string of the molecule is CN=Cc1cc(-c2oc3c(C(C)Nc4ccc(C)nc4C#N)cc(C)cc3c(=O)c2C)ccc1N. The molecule has 7 nitrogen and oxygen atoms in total. The van der Waals surface area contributed by atoms with Crippen LogP contribution < -0.4 is 16.5 Å². The molecular weight excluding hydrogens is 438 g/mol. The number of aromatic nitrogens is 1. The minimum absolute atomic E-state index is 0.0874. The Hall–Kier alpha value is -4.44. The highest BCUT2D eigenvalue weighted by atomic mass is 16.3. The van der Waals surface area contributed by atoms with Crippen molar-refractivity contribution in [2.75, 3.05) is 18.1 Å². The van der Waals surface area contributed by atoms with Crippen LogP contribution in [0.3, 0.4) is 0 Å². The van der Waals surface area contributed by atoms with Crippen molar-refractivity contribution >= 4 is 28.6 Å². The Labute approximate surface area is 204 Å². The molecule has 2 heterocycles. The highest BCUT2D eigenvalue weighted by Gasteiger charge is 2.20. The second-order valence-electron chi connectivity index (χ2n) is 8.67. The van der Waals surface area contributed by atoms with Crippen LogP contribution in [0.25, 0.3) is 22.3 Å². The fraction of sp³-hybridized carbons (Fsp3) is 0.214. The van der Waals surface area contributed by atoms with Crippen LogP contribution in [-0.2, 0) is 0 Å². The molecule has 0 bridgehead atoms. The highest BCUT2D eigenvalue weighted by molar-refractivity contribution is 5.90. The summed E-state index contributed by atoms with van der Waals surface area (Å²) >= 11 is 0. The summed E-state index contributed by atoms with van der Waals surface area (Å²) in [7, 11) is 1.68. The number of fused-ring (bicyclic) bond motifs is 1. The Morgan fingerprint density at radius 1 is 1.17 bits per heavy atom. The lowest BCUT2D eigenvalue weighted by Gasteiger charge is -2.19. The van der Waals surface area contributed by atoms with Crippen LogP contribution in [0, 0.1) is 32.1 Å². The normalized spacial score (nSPS) is 12.1. The molecule has 1 atom stereocenters. The molecule has 2 aromatic carbocycles. The van der Waals surface area contributed by atoms with Crippen molar-refractivity contribution in [3.63, 3.8) is 0 Å². The number of nitrogens with one attached hydrogen (secondary N) is 1. The maximum Gasteiger partial charge on any atom is 0.196 e. The molecule has 1 unspecified atom stereocenters. The summed E-state index contributed by atoms with van der Waals surface area (Å²) in [4.78, 5) is 21.8. The van der Waals surface area contributed by atoms with E-state index >= 15 is 0 Å². The van der Waals surface area contributed by atoms with Crippen LogP contribution in [0.5, 0.6) is 0 Å². The largest absolute Gasteiger partial charge is 0.455 e. The maximum atomic E-state index is 13.4. The third-order valence-electron chi connectivity index (χ3n) is 5.99. The van der Waals surface area contributed by atoms with Gasteiger partial charge in [0.15, 0.2) is 11.1 Å². The van der Waals surface area contributed by atoms with Gasteiger partial charge in [0.05, 0.1) is 17.1 Å². The van der Waals surface area contributed by atoms with E-state index in [1.807, 2.05) is 57.2 Å². The zero-order valence-corrected chi connectivity index (χ0v) is 20.4. The number of rotatable bonds is 5. The Morgan fingerprint density at radius 3 is 2.66 bits per heavy atom. The first-order valence-corrected chi connectivity index (χ1v) is 11.3. The number of nitrogens with two attached hydrogens (primary N) is 1. The highest BCUT2D eigenvalue weighted by Crippen LogP contribution is 2.33. The second-order valence-corrected chi connectivity index (χ2v) is 8.67. The molecule has 4 rings (SSSR count). The second kappa shape index (κ2) is 9.43. The summed E-state index contributed by atoms with van der Waals surface area (Å²) in [5.41, 5.74) is 12.6. The van der Waals surface area contributed by atoms with Crippen LogP contribution >= 0.6 is 0 Å². The molecule has 0 saturated heterocycles. The molecular formula is C28H27N5O2. The van der Waals surface area contributed by atoms with E-state index in [-0.39, 0.29) is 11.5 Å². The molecule has 0 spiro atoms. The van der Waals surface area contributed by atoms with Gasteiger partial charge in [-0.15, -0.1) is 0 Å². The number of nitrogen functional groups attached to an aromatic ring is 1. The van der Waals surface area contributed by atoms with Gasteiger partial charge in [-0.05, 0) is 69.7 Å². The van der Waals surface area contributed by atoms with Crippen LogP contribution in [0.2, 0.25) is 0 Å². The topological polar surface area (TPSA) is 117 Å². The molecule has 4 aromatic rings. The summed E-state index contributed by atoms with van der Waals surface area (Å²) in [6.45, 7) is 7.53. The van der Waals surface area contributed by atoms with Gasteiger partial charge in [-0.1, -0.05) is 6.07 Å². The van der Waals surface area contributed by atoms with Crippen molar-refractivity contribution in [1.29, 1.82) is 5.26 Å². The summed E-state index contributed by atoms with van der Waals surface area (Å²) in [6.07, 6.45) is 1.68. The van der Waals surface area contributed by atoms with Gasteiger partial charge in [-0.2, -0.15) is 5.26 Å². The quantitative estimate of drug-likeness (QED) is 0.299. The first kappa shape index (κ1) is 23.7.